The zero-order valence-electron chi connectivity index (χ0n) is 19.4. The third-order valence-corrected chi connectivity index (χ3v) is 5.90. The third kappa shape index (κ3) is 5.41. The van der Waals surface area contributed by atoms with Gasteiger partial charge in [-0.2, -0.15) is 0 Å². The second-order valence-electron chi connectivity index (χ2n) is 8.49. The Balaban J connectivity index is 1.39. The van der Waals surface area contributed by atoms with Gasteiger partial charge in [0.1, 0.15) is 28.6 Å². The molecule has 1 atom stereocenters. The van der Waals surface area contributed by atoms with Gasteiger partial charge in [-0.15, -0.1) is 0 Å². The number of ether oxygens (including phenoxy) is 2. The number of halogens is 1. The normalized spacial score (nSPS) is 15.2. The highest BCUT2D eigenvalue weighted by Crippen LogP contribution is 2.32. The molecule has 1 aliphatic rings. The van der Waals surface area contributed by atoms with Crippen molar-refractivity contribution in [2.75, 3.05) is 25.1 Å². The number of furan rings is 2. The molecule has 2 aromatic heterocycles. The summed E-state index contributed by atoms with van der Waals surface area (Å²) in [6.07, 6.45) is 3.26. The number of hydrogen-bond donors (Lipinski definition) is 1. The number of amides is 2. The minimum atomic E-state index is -0.489. The van der Waals surface area contributed by atoms with E-state index in [1.165, 1.54) is 24.3 Å². The van der Waals surface area contributed by atoms with Gasteiger partial charge in [-0.05, 0) is 61.4 Å². The lowest BCUT2D eigenvalue weighted by Crippen LogP contribution is -2.37. The highest BCUT2D eigenvalue weighted by atomic mass is 19.1. The van der Waals surface area contributed by atoms with Crippen LogP contribution in [0.3, 0.4) is 0 Å². The molecular weight excluding hydrogens is 467 g/mol. The summed E-state index contributed by atoms with van der Waals surface area (Å²) in [6, 6.07) is 16.0. The van der Waals surface area contributed by atoms with Gasteiger partial charge in [-0.25, -0.2) is 4.39 Å². The summed E-state index contributed by atoms with van der Waals surface area (Å²) in [7, 11) is 0. The summed E-state index contributed by atoms with van der Waals surface area (Å²) < 4.78 is 35.8. The Labute approximate surface area is 206 Å². The molecule has 0 unspecified atom stereocenters. The number of nitrogens with one attached hydrogen (secondary N) is 1. The molecule has 9 heteroatoms. The Morgan fingerprint density at radius 3 is 2.67 bits per heavy atom. The van der Waals surface area contributed by atoms with E-state index in [1.807, 2.05) is 0 Å². The molecule has 4 aromatic rings. The van der Waals surface area contributed by atoms with Crippen LogP contribution in [0.2, 0.25) is 0 Å². The van der Waals surface area contributed by atoms with E-state index in [2.05, 4.69) is 5.32 Å². The smallest absolute Gasteiger partial charge is 0.292 e. The van der Waals surface area contributed by atoms with Crippen LogP contribution >= 0.6 is 0 Å². The molecule has 0 aliphatic carbocycles. The van der Waals surface area contributed by atoms with Crippen LogP contribution in [0, 0.1) is 5.82 Å². The predicted molar refractivity (Wildman–Crippen MR) is 129 cm³/mol. The van der Waals surface area contributed by atoms with Crippen LogP contribution in [-0.4, -0.2) is 42.6 Å². The van der Waals surface area contributed by atoms with E-state index in [-0.39, 0.29) is 30.7 Å². The van der Waals surface area contributed by atoms with E-state index in [4.69, 9.17) is 18.3 Å². The lowest BCUT2D eigenvalue weighted by Gasteiger charge is -2.24. The Kier molecular flexibility index (Phi) is 6.99. The molecular formula is C27H25FN2O6. The number of carbonyl (C=O) groups excluding carboxylic acids is 2. The maximum atomic E-state index is 13.8. The number of anilines is 1. The second kappa shape index (κ2) is 10.7. The van der Waals surface area contributed by atoms with E-state index in [0.717, 1.165) is 12.8 Å². The zero-order valence-corrected chi connectivity index (χ0v) is 19.4. The van der Waals surface area contributed by atoms with Crippen LogP contribution < -0.4 is 10.1 Å². The molecule has 186 valence electrons. The van der Waals surface area contributed by atoms with Gasteiger partial charge >= 0.3 is 0 Å². The van der Waals surface area contributed by atoms with Crippen molar-refractivity contribution in [2.24, 2.45) is 0 Å². The Hall–Kier alpha value is -4.11. The van der Waals surface area contributed by atoms with Crippen LogP contribution in [0.15, 0.2) is 75.8 Å². The van der Waals surface area contributed by atoms with Crippen LogP contribution in [0.1, 0.15) is 29.2 Å². The second-order valence-corrected chi connectivity index (χ2v) is 8.49. The van der Waals surface area contributed by atoms with E-state index in [1.54, 1.807) is 47.6 Å². The summed E-state index contributed by atoms with van der Waals surface area (Å²) in [5, 5.41) is 3.36. The first kappa shape index (κ1) is 23.6. The van der Waals surface area contributed by atoms with Gasteiger partial charge in [0, 0.05) is 18.5 Å². The molecule has 0 spiro atoms. The molecule has 8 nitrogen and oxygen atoms in total. The number of carbonyl (C=O) groups is 2. The van der Waals surface area contributed by atoms with Gasteiger partial charge in [-0.1, -0.05) is 12.1 Å². The average molecular weight is 493 g/mol. The Bertz CT molecular complexity index is 1330. The third-order valence-electron chi connectivity index (χ3n) is 5.90. The molecule has 2 amide bonds. The lowest BCUT2D eigenvalue weighted by molar-refractivity contribution is -0.118. The molecule has 2 aromatic carbocycles. The van der Waals surface area contributed by atoms with Crippen molar-refractivity contribution in [1.29, 1.82) is 0 Å². The molecule has 0 radical (unpaired) electrons. The number of para-hydroxylation sites is 1. The summed E-state index contributed by atoms with van der Waals surface area (Å²) in [4.78, 5) is 28.1. The summed E-state index contributed by atoms with van der Waals surface area (Å²) in [5.74, 6) is -0.306. The van der Waals surface area contributed by atoms with Crippen molar-refractivity contribution in [3.63, 3.8) is 0 Å². The summed E-state index contributed by atoms with van der Waals surface area (Å²) in [5.41, 5.74) is 0.728. The minimum Gasteiger partial charge on any atom is -0.484 e. The quantitative estimate of drug-likeness (QED) is 0.353. The molecule has 1 fully saturated rings. The maximum Gasteiger partial charge on any atom is 0.292 e. The van der Waals surface area contributed by atoms with E-state index in [9.17, 15) is 14.0 Å². The summed E-state index contributed by atoms with van der Waals surface area (Å²) in [6.45, 7) is 0.916. The first-order valence-corrected chi connectivity index (χ1v) is 11.7. The van der Waals surface area contributed by atoms with E-state index < -0.39 is 17.6 Å². The molecule has 3 heterocycles. The molecule has 1 saturated heterocycles. The number of benzene rings is 2. The molecule has 5 rings (SSSR count). The number of fused-ring (bicyclic) bond motifs is 1. The highest BCUT2D eigenvalue weighted by molar-refractivity contribution is 6.11. The van der Waals surface area contributed by atoms with Gasteiger partial charge in [0.25, 0.3) is 11.8 Å². The fourth-order valence-corrected chi connectivity index (χ4v) is 4.16. The van der Waals surface area contributed by atoms with Crippen molar-refractivity contribution in [3.05, 3.63) is 84.3 Å². The molecule has 1 aliphatic heterocycles. The highest BCUT2D eigenvalue weighted by Gasteiger charge is 2.30. The molecule has 36 heavy (non-hydrogen) atoms. The van der Waals surface area contributed by atoms with Crippen LogP contribution in [0.4, 0.5) is 10.1 Å². The Morgan fingerprint density at radius 2 is 1.92 bits per heavy atom. The van der Waals surface area contributed by atoms with Crippen molar-refractivity contribution < 1.29 is 32.3 Å². The first-order valence-electron chi connectivity index (χ1n) is 11.7. The van der Waals surface area contributed by atoms with Crippen molar-refractivity contribution in [1.82, 2.24) is 4.90 Å². The molecule has 0 bridgehead atoms. The fourth-order valence-electron chi connectivity index (χ4n) is 4.16. The van der Waals surface area contributed by atoms with Crippen LogP contribution in [0.25, 0.3) is 11.0 Å². The molecule has 0 saturated carbocycles. The van der Waals surface area contributed by atoms with Crippen molar-refractivity contribution in [2.45, 2.75) is 25.5 Å². The SMILES string of the molecule is O=C(COc1ccc(F)cc1)Nc1c(C(=O)N(Cc2ccco2)C[C@H]2CCCO2)oc2ccccc12. The van der Waals surface area contributed by atoms with Gasteiger partial charge in [-0.3, -0.25) is 9.59 Å². The van der Waals surface area contributed by atoms with Crippen LogP contribution in [0.5, 0.6) is 5.75 Å². The first-order chi connectivity index (χ1) is 17.6. The lowest BCUT2D eigenvalue weighted by atomic mass is 10.2. The number of hydrogen-bond acceptors (Lipinski definition) is 6. The van der Waals surface area contributed by atoms with Crippen molar-refractivity contribution >= 4 is 28.5 Å². The largest absolute Gasteiger partial charge is 0.484 e. The molecule has 1 N–H and O–H groups in total. The Morgan fingerprint density at radius 1 is 1.08 bits per heavy atom. The monoisotopic (exact) mass is 492 g/mol. The van der Waals surface area contributed by atoms with Crippen LogP contribution in [-0.2, 0) is 16.1 Å². The van der Waals surface area contributed by atoms with Crippen molar-refractivity contribution in [3.8, 4) is 5.75 Å². The van der Waals surface area contributed by atoms with E-state index >= 15 is 0 Å². The minimum absolute atomic E-state index is 0.0101. The standard InChI is InChI=1S/C27H25FN2O6/c28-18-9-11-19(12-10-18)35-17-24(31)29-25-22-7-1-2-8-23(22)36-26(25)27(32)30(15-20-5-3-13-33-20)16-21-6-4-14-34-21/h1-3,5,7-13,21H,4,6,14-17H2,(H,29,31)/t21-/m1/s1. The number of rotatable bonds is 9. The zero-order chi connectivity index (χ0) is 24.9. The van der Waals surface area contributed by atoms with E-state index in [0.29, 0.717) is 35.6 Å². The fraction of sp³-hybridized carbons (Fsp3) is 0.259. The predicted octanol–water partition coefficient (Wildman–Crippen LogP) is 5.00. The van der Waals surface area contributed by atoms with Gasteiger partial charge in [0.15, 0.2) is 6.61 Å². The maximum absolute atomic E-state index is 13.8. The van der Waals surface area contributed by atoms with Gasteiger partial charge in [0.2, 0.25) is 5.76 Å². The average Bonchev–Trinajstić information content (AvgIpc) is 3.65. The number of nitrogens with zero attached hydrogens (tertiary/aromatic N) is 1. The summed E-state index contributed by atoms with van der Waals surface area (Å²) >= 11 is 0. The van der Waals surface area contributed by atoms with Gasteiger partial charge < -0.3 is 28.5 Å². The van der Waals surface area contributed by atoms with Gasteiger partial charge in [0.05, 0.1) is 18.9 Å². The topological polar surface area (TPSA) is 94.2 Å².